The third-order valence-corrected chi connectivity index (χ3v) is 7.15. The minimum atomic E-state index is 0.449. The Morgan fingerprint density at radius 1 is 1.11 bits per heavy atom. The molecule has 0 unspecified atom stereocenters. The number of halogens is 1. The highest BCUT2D eigenvalue weighted by atomic mass is 35.5. The van der Waals surface area contributed by atoms with Gasteiger partial charge in [0.2, 0.25) is 0 Å². The van der Waals surface area contributed by atoms with Crippen molar-refractivity contribution >= 4 is 33.9 Å². The number of aryl methyl sites for hydroxylation is 1. The molecule has 5 rings (SSSR count). The van der Waals surface area contributed by atoms with E-state index in [-0.39, 0.29) is 0 Å². The first-order chi connectivity index (χ1) is 17.5. The second-order valence-corrected chi connectivity index (χ2v) is 9.57. The van der Waals surface area contributed by atoms with Gasteiger partial charge in [0.25, 0.3) is 0 Å². The van der Waals surface area contributed by atoms with Crippen LogP contribution in [0.1, 0.15) is 11.1 Å². The van der Waals surface area contributed by atoms with Crippen molar-refractivity contribution in [2.24, 2.45) is 0 Å². The number of aromatic amines is 1. The van der Waals surface area contributed by atoms with E-state index in [9.17, 15) is 5.26 Å². The van der Waals surface area contributed by atoms with Crippen LogP contribution in [-0.2, 0) is 0 Å². The van der Waals surface area contributed by atoms with Crippen LogP contribution in [0, 0.1) is 18.3 Å². The van der Waals surface area contributed by atoms with E-state index in [0.29, 0.717) is 22.9 Å². The molecule has 1 saturated heterocycles. The Morgan fingerprint density at radius 3 is 2.72 bits per heavy atom. The maximum atomic E-state index is 9.81. The smallest absolute Gasteiger partial charge is 0.120 e. The summed E-state index contributed by atoms with van der Waals surface area (Å²) in [6.45, 7) is 7.87. The molecule has 0 aliphatic carbocycles. The number of nitrogens with one attached hydrogen (secondary N) is 2. The van der Waals surface area contributed by atoms with Gasteiger partial charge in [0.15, 0.2) is 0 Å². The first kappa shape index (κ1) is 24.1. The molecule has 3 heterocycles. The number of likely N-dealkylation sites (N-methyl/N-ethyl adjacent to an activating group) is 1. The lowest BCUT2D eigenvalue weighted by atomic mass is 10.0. The van der Waals surface area contributed by atoms with Crippen molar-refractivity contribution in [3.63, 3.8) is 0 Å². The molecule has 184 valence electrons. The number of nitrogens with zero attached hydrogens (tertiary/aromatic N) is 4. The molecule has 0 radical (unpaired) electrons. The molecule has 4 aromatic rings. The second kappa shape index (κ2) is 10.6. The van der Waals surface area contributed by atoms with Crippen molar-refractivity contribution < 1.29 is 4.74 Å². The molecule has 0 bridgehead atoms. The van der Waals surface area contributed by atoms with Gasteiger partial charge in [0.1, 0.15) is 18.4 Å². The van der Waals surface area contributed by atoms with Crippen LogP contribution in [0.2, 0.25) is 5.02 Å². The van der Waals surface area contributed by atoms with Crippen LogP contribution in [0.5, 0.6) is 5.75 Å². The van der Waals surface area contributed by atoms with Crippen molar-refractivity contribution in [1.29, 1.82) is 5.26 Å². The van der Waals surface area contributed by atoms with E-state index >= 15 is 0 Å². The topological polar surface area (TPSA) is 80.2 Å². The molecule has 2 aromatic heterocycles. The second-order valence-electron chi connectivity index (χ2n) is 9.16. The number of ether oxygens (including phenoxy) is 1. The van der Waals surface area contributed by atoms with Gasteiger partial charge in [-0.1, -0.05) is 11.6 Å². The summed E-state index contributed by atoms with van der Waals surface area (Å²) in [5.74, 6) is 0.727. The summed E-state index contributed by atoms with van der Waals surface area (Å²) >= 11 is 6.73. The fourth-order valence-corrected chi connectivity index (χ4v) is 4.88. The summed E-state index contributed by atoms with van der Waals surface area (Å²) in [5, 5.41) is 15.0. The first-order valence-corrected chi connectivity index (χ1v) is 12.5. The number of hydrogen-bond donors (Lipinski definition) is 2. The van der Waals surface area contributed by atoms with Gasteiger partial charge in [-0.15, -0.1) is 0 Å². The lowest BCUT2D eigenvalue weighted by Gasteiger charge is -2.32. The van der Waals surface area contributed by atoms with E-state index in [2.05, 4.69) is 45.1 Å². The van der Waals surface area contributed by atoms with Crippen molar-refractivity contribution in [3.8, 4) is 22.9 Å². The molecule has 36 heavy (non-hydrogen) atoms. The fraction of sp³-hybridized carbons (Fsp3) is 0.286. The Bertz CT molecular complexity index is 1420. The molecule has 8 heteroatoms. The van der Waals surface area contributed by atoms with E-state index in [4.69, 9.17) is 16.3 Å². The van der Waals surface area contributed by atoms with Gasteiger partial charge >= 0.3 is 0 Å². The van der Waals surface area contributed by atoms with Crippen LogP contribution in [0.4, 0.5) is 11.4 Å². The predicted octanol–water partition coefficient (Wildman–Crippen LogP) is 5.43. The Hall–Kier alpha value is -3.57. The van der Waals surface area contributed by atoms with Crippen molar-refractivity contribution in [2.45, 2.75) is 6.92 Å². The third-order valence-electron chi connectivity index (χ3n) is 6.83. The Balaban J connectivity index is 1.37. The van der Waals surface area contributed by atoms with E-state index < -0.39 is 0 Å². The average Bonchev–Trinajstić information content (AvgIpc) is 3.37. The largest absolute Gasteiger partial charge is 0.492 e. The highest BCUT2D eigenvalue weighted by molar-refractivity contribution is 6.33. The number of anilines is 2. The molecule has 2 aromatic carbocycles. The Morgan fingerprint density at radius 2 is 1.94 bits per heavy atom. The van der Waals surface area contributed by atoms with E-state index in [1.54, 1.807) is 12.4 Å². The van der Waals surface area contributed by atoms with Crippen LogP contribution >= 0.6 is 11.6 Å². The zero-order valence-corrected chi connectivity index (χ0v) is 21.3. The third kappa shape index (κ3) is 5.02. The fourth-order valence-electron chi connectivity index (χ4n) is 4.61. The Kier molecular flexibility index (Phi) is 7.10. The SMILES string of the molecule is Cc1c(Nc2c(C#N)cncc2-c2ccc(OCCN3CCN(C)CC3)cc2Cl)ccc2[nH]ccc12. The summed E-state index contributed by atoms with van der Waals surface area (Å²) in [6, 6.07) is 14.0. The molecule has 2 N–H and O–H groups in total. The van der Waals surface area contributed by atoms with Crippen molar-refractivity contribution in [3.05, 3.63) is 71.1 Å². The molecule has 0 saturated carbocycles. The van der Waals surface area contributed by atoms with E-state index in [1.807, 2.05) is 42.6 Å². The van der Waals surface area contributed by atoms with E-state index in [1.165, 1.54) is 0 Å². The van der Waals surface area contributed by atoms with Crippen LogP contribution in [0.3, 0.4) is 0 Å². The standard InChI is InChI=1S/C28H29ClN6O/c1-19-22-7-8-32-27(22)6-5-26(19)33-28-20(16-30)17-31-18-24(28)23-4-3-21(15-25(23)29)36-14-13-35-11-9-34(2)10-12-35/h3-8,15,17-18,32H,9-14H2,1-2H3,(H,31,33). The summed E-state index contributed by atoms with van der Waals surface area (Å²) in [4.78, 5) is 12.3. The molecule has 7 nitrogen and oxygen atoms in total. The van der Waals surface area contributed by atoms with Crippen molar-refractivity contribution in [2.75, 3.05) is 51.7 Å². The molecular formula is C28H29ClN6O. The number of pyridine rings is 1. The monoisotopic (exact) mass is 500 g/mol. The zero-order chi connectivity index (χ0) is 25.1. The molecule has 1 fully saturated rings. The molecule has 1 aliphatic rings. The van der Waals surface area contributed by atoms with Crippen LogP contribution in [0.25, 0.3) is 22.0 Å². The van der Waals surface area contributed by atoms with Gasteiger partial charge in [0, 0.05) is 79.0 Å². The van der Waals surface area contributed by atoms with Gasteiger partial charge < -0.3 is 19.9 Å². The number of nitriles is 1. The van der Waals surface area contributed by atoms with Gasteiger partial charge in [-0.3, -0.25) is 9.88 Å². The minimum absolute atomic E-state index is 0.449. The van der Waals surface area contributed by atoms with Crippen LogP contribution in [-0.4, -0.2) is 66.1 Å². The highest BCUT2D eigenvalue weighted by Gasteiger charge is 2.17. The lowest BCUT2D eigenvalue weighted by Crippen LogP contribution is -2.45. The van der Waals surface area contributed by atoms with Gasteiger partial charge in [-0.05, 0) is 55.9 Å². The zero-order valence-electron chi connectivity index (χ0n) is 20.5. The number of piperazine rings is 1. The lowest BCUT2D eigenvalue weighted by molar-refractivity contribution is 0.134. The number of benzene rings is 2. The quantitative estimate of drug-likeness (QED) is 0.352. The maximum Gasteiger partial charge on any atom is 0.120 e. The number of rotatable bonds is 7. The van der Waals surface area contributed by atoms with Gasteiger partial charge in [-0.2, -0.15) is 5.26 Å². The Labute approximate surface area is 216 Å². The molecule has 0 spiro atoms. The normalized spacial score (nSPS) is 14.6. The summed E-state index contributed by atoms with van der Waals surface area (Å²) < 4.78 is 6.00. The van der Waals surface area contributed by atoms with Crippen LogP contribution < -0.4 is 10.1 Å². The summed E-state index contributed by atoms with van der Waals surface area (Å²) in [6.07, 6.45) is 5.23. The first-order valence-electron chi connectivity index (χ1n) is 12.1. The molecular weight excluding hydrogens is 472 g/mol. The molecule has 1 aliphatic heterocycles. The number of fused-ring (bicyclic) bond motifs is 1. The predicted molar refractivity (Wildman–Crippen MR) is 145 cm³/mol. The summed E-state index contributed by atoms with van der Waals surface area (Å²) in [5.41, 5.74) is 5.76. The number of aromatic nitrogens is 2. The highest BCUT2D eigenvalue weighted by Crippen LogP contribution is 2.39. The molecule has 0 atom stereocenters. The van der Waals surface area contributed by atoms with Crippen molar-refractivity contribution in [1.82, 2.24) is 19.8 Å². The van der Waals surface area contributed by atoms with Gasteiger partial charge in [-0.25, -0.2) is 0 Å². The molecule has 0 amide bonds. The van der Waals surface area contributed by atoms with Gasteiger partial charge in [0.05, 0.1) is 16.3 Å². The maximum absolute atomic E-state index is 9.81. The minimum Gasteiger partial charge on any atom is -0.492 e. The van der Waals surface area contributed by atoms with E-state index in [0.717, 1.165) is 71.8 Å². The summed E-state index contributed by atoms with van der Waals surface area (Å²) in [7, 11) is 2.15. The number of H-pyrrole nitrogens is 1. The van der Waals surface area contributed by atoms with Crippen LogP contribution in [0.15, 0.2) is 55.0 Å². The average molecular weight is 501 g/mol. The number of hydrogen-bond acceptors (Lipinski definition) is 6.